The fraction of sp³-hybridized carbons (Fsp3) is 0.643. The summed E-state index contributed by atoms with van der Waals surface area (Å²) < 4.78 is 0. The Morgan fingerprint density at radius 3 is 2.40 bits per heavy atom. The molecule has 3 amide bonds. The lowest BCUT2D eigenvalue weighted by Gasteiger charge is -2.26. The van der Waals surface area contributed by atoms with Crippen LogP contribution in [0.4, 0.5) is 4.79 Å². The second-order valence-corrected chi connectivity index (χ2v) is 5.48. The highest BCUT2D eigenvalue weighted by Gasteiger charge is 2.38. The Morgan fingerprint density at radius 1 is 1.30 bits per heavy atom. The zero-order valence-electron chi connectivity index (χ0n) is 11.9. The van der Waals surface area contributed by atoms with E-state index >= 15 is 0 Å². The maximum absolute atomic E-state index is 11.9. The molecule has 1 saturated carbocycles. The minimum absolute atomic E-state index is 0.0168. The third kappa shape index (κ3) is 4.68. The Bertz CT molecular complexity index is 400. The van der Waals surface area contributed by atoms with Crippen LogP contribution in [-0.4, -0.2) is 41.5 Å². The summed E-state index contributed by atoms with van der Waals surface area (Å²) >= 11 is 0. The first-order valence-corrected chi connectivity index (χ1v) is 6.76. The molecule has 0 spiro atoms. The predicted molar refractivity (Wildman–Crippen MR) is 74.1 cm³/mol. The minimum atomic E-state index is -0.894. The Labute approximate surface area is 118 Å². The number of urea groups is 1. The van der Waals surface area contributed by atoms with Crippen molar-refractivity contribution in [3.05, 3.63) is 12.7 Å². The largest absolute Gasteiger partial charge is 0.481 e. The summed E-state index contributed by atoms with van der Waals surface area (Å²) in [6.07, 6.45) is 4.96. The summed E-state index contributed by atoms with van der Waals surface area (Å²) in [7, 11) is 1.56. The van der Waals surface area contributed by atoms with Gasteiger partial charge in [-0.3, -0.25) is 14.9 Å². The van der Waals surface area contributed by atoms with Crippen LogP contribution in [0.1, 0.15) is 38.5 Å². The first kappa shape index (κ1) is 16.2. The average molecular weight is 282 g/mol. The smallest absolute Gasteiger partial charge is 0.324 e. The molecule has 0 atom stereocenters. The molecule has 0 aromatic rings. The first-order chi connectivity index (χ1) is 9.38. The highest BCUT2D eigenvalue weighted by Crippen LogP contribution is 2.43. The summed E-state index contributed by atoms with van der Waals surface area (Å²) in [6.45, 7) is 3.86. The van der Waals surface area contributed by atoms with Crippen molar-refractivity contribution in [2.45, 2.75) is 38.5 Å². The number of nitrogens with zero attached hydrogens (tertiary/aromatic N) is 1. The fourth-order valence-electron chi connectivity index (χ4n) is 2.74. The van der Waals surface area contributed by atoms with E-state index in [4.69, 9.17) is 5.11 Å². The second-order valence-electron chi connectivity index (χ2n) is 5.48. The highest BCUT2D eigenvalue weighted by atomic mass is 16.4. The van der Waals surface area contributed by atoms with Crippen LogP contribution in [0.2, 0.25) is 0 Å². The number of carboxylic acid groups (broad SMARTS) is 1. The lowest BCUT2D eigenvalue weighted by atomic mass is 9.79. The van der Waals surface area contributed by atoms with Gasteiger partial charge in [-0.25, -0.2) is 4.79 Å². The van der Waals surface area contributed by atoms with Crippen LogP contribution in [0, 0.1) is 5.41 Å². The minimum Gasteiger partial charge on any atom is -0.481 e. The summed E-state index contributed by atoms with van der Waals surface area (Å²) in [5, 5.41) is 11.3. The first-order valence-electron chi connectivity index (χ1n) is 6.76. The molecule has 0 aromatic heterocycles. The lowest BCUT2D eigenvalue weighted by Crippen LogP contribution is -2.42. The number of hydrogen-bond acceptors (Lipinski definition) is 3. The number of carbonyl (C=O) groups excluding carboxylic acids is 2. The van der Waals surface area contributed by atoms with E-state index in [1.807, 2.05) is 0 Å². The third-order valence-electron chi connectivity index (χ3n) is 3.72. The van der Waals surface area contributed by atoms with Gasteiger partial charge < -0.3 is 10.0 Å². The van der Waals surface area contributed by atoms with Gasteiger partial charge in [-0.2, -0.15) is 0 Å². The zero-order valence-corrected chi connectivity index (χ0v) is 11.9. The van der Waals surface area contributed by atoms with Gasteiger partial charge in [0.25, 0.3) is 0 Å². The van der Waals surface area contributed by atoms with Gasteiger partial charge in [-0.05, 0) is 18.3 Å². The van der Waals surface area contributed by atoms with Crippen LogP contribution in [-0.2, 0) is 9.59 Å². The van der Waals surface area contributed by atoms with E-state index in [-0.39, 0.29) is 12.8 Å². The van der Waals surface area contributed by atoms with Gasteiger partial charge in [0.15, 0.2) is 0 Å². The Morgan fingerprint density at radius 2 is 1.90 bits per heavy atom. The molecular formula is C14H22N2O4. The summed E-state index contributed by atoms with van der Waals surface area (Å²) in [6, 6.07) is -0.488. The number of aliphatic carboxylic acids is 1. The van der Waals surface area contributed by atoms with Crippen LogP contribution < -0.4 is 5.32 Å². The number of hydrogen-bond donors (Lipinski definition) is 2. The number of rotatable bonds is 6. The average Bonchev–Trinajstić information content (AvgIpc) is 2.76. The standard InChI is InChI=1S/C14H22N2O4/c1-3-8-16(2)13(20)15-11(17)9-14(10-12(18)19)6-4-5-7-14/h3H,1,4-10H2,2H3,(H,18,19)(H,15,17,20). The van der Waals surface area contributed by atoms with Crippen LogP contribution in [0.3, 0.4) is 0 Å². The van der Waals surface area contributed by atoms with Gasteiger partial charge in [0.2, 0.25) is 5.91 Å². The molecule has 1 rings (SSSR count). The molecule has 6 nitrogen and oxygen atoms in total. The van der Waals surface area contributed by atoms with E-state index in [0.29, 0.717) is 6.54 Å². The lowest BCUT2D eigenvalue weighted by molar-refractivity contribution is -0.140. The molecular weight excluding hydrogens is 260 g/mol. The summed E-state index contributed by atoms with van der Waals surface area (Å²) in [5.74, 6) is -1.30. The molecule has 0 unspecified atom stereocenters. The van der Waals surface area contributed by atoms with Crippen LogP contribution in [0.25, 0.3) is 0 Å². The number of imide groups is 1. The topological polar surface area (TPSA) is 86.7 Å². The SMILES string of the molecule is C=CCN(C)C(=O)NC(=O)CC1(CC(=O)O)CCCC1. The van der Waals surface area contributed by atoms with E-state index in [1.54, 1.807) is 13.1 Å². The van der Waals surface area contributed by atoms with Crippen molar-refractivity contribution in [1.29, 1.82) is 0 Å². The van der Waals surface area contributed by atoms with Gasteiger partial charge in [-0.15, -0.1) is 6.58 Å². The number of carbonyl (C=O) groups is 3. The molecule has 6 heteroatoms. The summed E-state index contributed by atoms with van der Waals surface area (Å²) in [5.41, 5.74) is -0.493. The quantitative estimate of drug-likeness (QED) is 0.727. The number of carboxylic acids is 1. The molecule has 1 fully saturated rings. The van der Waals surface area contributed by atoms with Crippen LogP contribution >= 0.6 is 0 Å². The molecule has 112 valence electrons. The molecule has 0 aliphatic heterocycles. The monoisotopic (exact) mass is 282 g/mol. The number of likely N-dealkylation sites (N-methyl/N-ethyl adjacent to an activating group) is 1. The van der Waals surface area contributed by atoms with E-state index in [9.17, 15) is 14.4 Å². The van der Waals surface area contributed by atoms with Crippen molar-refractivity contribution in [2.24, 2.45) is 5.41 Å². The summed E-state index contributed by atoms with van der Waals surface area (Å²) in [4.78, 5) is 35.9. The molecule has 0 saturated heterocycles. The highest BCUT2D eigenvalue weighted by molar-refractivity contribution is 5.94. The van der Waals surface area contributed by atoms with Crippen molar-refractivity contribution < 1.29 is 19.5 Å². The van der Waals surface area contributed by atoms with Crippen molar-refractivity contribution in [1.82, 2.24) is 10.2 Å². The molecule has 20 heavy (non-hydrogen) atoms. The normalized spacial score (nSPS) is 16.4. The third-order valence-corrected chi connectivity index (χ3v) is 3.72. The van der Waals surface area contributed by atoms with Crippen molar-refractivity contribution in [3.63, 3.8) is 0 Å². The van der Waals surface area contributed by atoms with Crippen LogP contribution in [0.5, 0.6) is 0 Å². The number of nitrogens with one attached hydrogen (secondary N) is 1. The van der Waals surface area contributed by atoms with Gasteiger partial charge in [0.05, 0.1) is 6.42 Å². The maximum atomic E-state index is 11.9. The van der Waals surface area contributed by atoms with Crippen molar-refractivity contribution in [2.75, 3.05) is 13.6 Å². The van der Waals surface area contributed by atoms with E-state index in [0.717, 1.165) is 25.7 Å². The van der Waals surface area contributed by atoms with Gasteiger partial charge in [0, 0.05) is 20.0 Å². The maximum Gasteiger partial charge on any atom is 0.324 e. The molecule has 1 aliphatic rings. The second kappa shape index (κ2) is 7.07. The van der Waals surface area contributed by atoms with Gasteiger partial charge in [0.1, 0.15) is 0 Å². The molecule has 0 radical (unpaired) electrons. The van der Waals surface area contributed by atoms with Crippen LogP contribution in [0.15, 0.2) is 12.7 Å². The Kier molecular flexibility index (Phi) is 5.73. The Hall–Kier alpha value is -1.85. The number of amides is 3. The van der Waals surface area contributed by atoms with Crippen molar-refractivity contribution in [3.8, 4) is 0 Å². The van der Waals surface area contributed by atoms with Gasteiger partial charge in [-0.1, -0.05) is 18.9 Å². The van der Waals surface area contributed by atoms with E-state index in [2.05, 4.69) is 11.9 Å². The molecule has 2 N–H and O–H groups in total. The van der Waals surface area contributed by atoms with Gasteiger partial charge >= 0.3 is 12.0 Å². The molecule has 1 aliphatic carbocycles. The molecule has 0 bridgehead atoms. The predicted octanol–water partition coefficient (Wildman–Crippen LogP) is 1.77. The Balaban J connectivity index is 2.56. The zero-order chi connectivity index (χ0) is 15.2. The van der Waals surface area contributed by atoms with E-state index < -0.39 is 23.3 Å². The molecule has 0 aromatic carbocycles. The van der Waals surface area contributed by atoms with Crippen molar-refractivity contribution >= 4 is 17.9 Å². The molecule has 0 heterocycles. The fourth-order valence-corrected chi connectivity index (χ4v) is 2.74. The van der Waals surface area contributed by atoms with E-state index in [1.165, 1.54) is 4.90 Å².